The van der Waals surface area contributed by atoms with Crippen LogP contribution in [0.5, 0.6) is 0 Å². The first-order valence-corrected chi connectivity index (χ1v) is 8.51. The van der Waals surface area contributed by atoms with E-state index in [-0.39, 0.29) is 11.9 Å². The molecular weight excluding hydrogens is 282 g/mol. The summed E-state index contributed by atoms with van der Waals surface area (Å²) in [6.07, 6.45) is 1.90. The predicted molar refractivity (Wildman–Crippen MR) is 74.1 cm³/mol. The smallest absolute Gasteiger partial charge is 0.281 e. The normalized spacial score (nSPS) is 30.1. The van der Waals surface area contributed by atoms with Crippen molar-refractivity contribution >= 4 is 16.1 Å². The van der Waals surface area contributed by atoms with Crippen LogP contribution in [0.25, 0.3) is 0 Å². The molecule has 2 aliphatic rings. The van der Waals surface area contributed by atoms with Crippen molar-refractivity contribution < 1.29 is 18.3 Å². The molecule has 2 fully saturated rings. The summed E-state index contributed by atoms with van der Waals surface area (Å²) >= 11 is 0. The van der Waals surface area contributed by atoms with Crippen LogP contribution in [0.15, 0.2) is 0 Å². The molecule has 0 aliphatic carbocycles. The maximum absolute atomic E-state index is 12.5. The van der Waals surface area contributed by atoms with Crippen LogP contribution in [0, 0.1) is 0 Å². The Labute approximate surface area is 120 Å². The maximum Gasteiger partial charge on any atom is 0.281 e. The molecule has 0 unspecified atom stereocenters. The first-order chi connectivity index (χ1) is 9.41. The molecule has 2 rings (SSSR count). The largest absolute Gasteiger partial charge is 0.391 e. The quantitative estimate of drug-likeness (QED) is 0.721. The van der Waals surface area contributed by atoms with Crippen molar-refractivity contribution in [2.75, 3.05) is 26.2 Å². The van der Waals surface area contributed by atoms with Crippen LogP contribution in [0.3, 0.4) is 0 Å². The van der Waals surface area contributed by atoms with Crippen molar-refractivity contribution in [3.63, 3.8) is 0 Å². The second kappa shape index (κ2) is 6.38. The molecule has 0 saturated carbocycles. The molecule has 0 bridgehead atoms. The fourth-order valence-corrected chi connectivity index (χ4v) is 4.53. The molecule has 1 amide bonds. The number of aliphatic hydroxyl groups excluding tert-OH is 1. The van der Waals surface area contributed by atoms with Crippen molar-refractivity contribution in [1.82, 2.24) is 13.9 Å². The molecule has 116 valence electrons. The molecule has 8 heteroatoms. The van der Waals surface area contributed by atoms with Crippen molar-refractivity contribution in [3.05, 3.63) is 0 Å². The minimum absolute atomic E-state index is 0.204. The van der Waals surface area contributed by atoms with Gasteiger partial charge in [0.1, 0.15) is 0 Å². The fourth-order valence-electron chi connectivity index (χ4n) is 2.81. The number of hydrogen-bond donors (Lipinski definition) is 2. The third kappa shape index (κ3) is 3.49. The Bertz CT molecular complexity index is 448. The molecule has 20 heavy (non-hydrogen) atoms. The Balaban J connectivity index is 2.02. The number of amides is 1. The Morgan fingerprint density at radius 3 is 2.25 bits per heavy atom. The lowest BCUT2D eigenvalue weighted by molar-refractivity contribution is -0.120. The van der Waals surface area contributed by atoms with Gasteiger partial charge < -0.3 is 10.4 Å². The number of carbonyl (C=O) groups excluding carboxylic acids is 1. The second-order valence-electron chi connectivity index (χ2n) is 5.46. The number of rotatable bonds is 3. The number of aliphatic hydroxyl groups is 1. The standard InChI is InChI=1S/C12H23N3O4S/c1-10(16)13-11-4-8-15(9-5-12(11)17)20(18,19)14-6-2-3-7-14/h11-12,17H,2-9H2,1H3,(H,13,16)/t11-,12-/m0/s1. The molecule has 0 aromatic heterocycles. The van der Waals surface area contributed by atoms with Gasteiger partial charge in [0.2, 0.25) is 5.91 Å². The van der Waals surface area contributed by atoms with Gasteiger partial charge in [-0.25, -0.2) is 0 Å². The van der Waals surface area contributed by atoms with Gasteiger partial charge in [0, 0.05) is 33.1 Å². The SMILES string of the molecule is CC(=O)N[C@H]1CCN(S(=O)(=O)N2CCCC2)CC[C@@H]1O. The number of nitrogens with one attached hydrogen (secondary N) is 1. The molecule has 2 N–H and O–H groups in total. The van der Waals surface area contributed by atoms with Gasteiger partial charge >= 0.3 is 0 Å². The van der Waals surface area contributed by atoms with E-state index in [0.29, 0.717) is 39.0 Å². The molecule has 0 aromatic carbocycles. The maximum atomic E-state index is 12.5. The molecule has 2 atom stereocenters. The summed E-state index contributed by atoms with van der Waals surface area (Å²) in [5, 5.41) is 12.7. The van der Waals surface area contributed by atoms with Gasteiger partial charge in [0.25, 0.3) is 10.2 Å². The first-order valence-electron chi connectivity index (χ1n) is 7.11. The molecule has 0 spiro atoms. The topological polar surface area (TPSA) is 90.0 Å². The van der Waals surface area contributed by atoms with E-state index in [1.807, 2.05) is 0 Å². The third-order valence-corrected chi connectivity index (χ3v) is 5.97. The van der Waals surface area contributed by atoms with Gasteiger partial charge in [-0.1, -0.05) is 0 Å². The van der Waals surface area contributed by atoms with Crippen LogP contribution in [0.4, 0.5) is 0 Å². The van der Waals surface area contributed by atoms with E-state index in [1.165, 1.54) is 15.5 Å². The van der Waals surface area contributed by atoms with Crippen LogP contribution >= 0.6 is 0 Å². The van der Waals surface area contributed by atoms with E-state index in [2.05, 4.69) is 5.32 Å². The monoisotopic (exact) mass is 305 g/mol. The fraction of sp³-hybridized carbons (Fsp3) is 0.917. The van der Waals surface area contributed by atoms with Gasteiger partial charge in [-0.15, -0.1) is 0 Å². The zero-order valence-corrected chi connectivity index (χ0v) is 12.6. The highest BCUT2D eigenvalue weighted by Crippen LogP contribution is 2.20. The van der Waals surface area contributed by atoms with E-state index in [1.54, 1.807) is 0 Å². The number of nitrogens with zero attached hydrogens (tertiary/aromatic N) is 2. The minimum Gasteiger partial charge on any atom is -0.391 e. The summed E-state index contributed by atoms with van der Waals surface area (Å²) in [7, 11) is -3.42. The Hall–Kier alpha value is -0.700. The summed E-state index contributed by atoms with van der Waals surface area (Å²) in [6, 6.07) is -0.369. The highest BCUT2D eigenvalue weighted by molar-refractivity contribution is 7.86. The summed E-state index contributed by atoms with van der Waals surface area (Å²) in [6.45, 7) is 3.19. The van der Waals surface area contributed by atoms with Crippen LogP contribution in [-0.4, -0.2) is 66.4 Å². The molecule has 7 nitrogen and oxygen atoms in total. The second-order valence-corrected chi connectivity index (χ2v) is 7.39. The van der Waals surface area contributed by atoms with Crippen LogP contribution in [0.1, 0.15) is 32.6 Å². The summed E-state index contributed by atoms with van der Waals surface area (Å²) < 4.78 is 27.9. The molecule has 2 saturated heterocycles. The van der Waals surface area contributed by atoms with Crippen molar-refractivity contribution in [2.45, 2.75) is 44.8 Å². The molecule has 0 radical (unpaired) electrons. The lowest BCUT2D eigenvalue weighted by atomic mass is 10.1. The van der Waals surface area contributed by atoms with E-state index < -0.39 is 16.3 Å². The number of hydrogen-bond acceptors (Lipinski definition) is 4. The lowest BCUT2D eigenvalue weighted by Gasteiger charge is -2.25. The van der Waals surface area contributed by atoms with Crippen molar-refractivity contribution in [3.8, 4) is 0 Å². The lowest BCUT2D eigenvalue weighted by Crippen LogP contribution is -2.43. The predicted octanol–water partition coefficient (Wildman–Crippen LogP) is -0.712. The van der Waals surface area contributed by atoms with E-state index >= 15 is 0 Å². The van der Waals surface area contributed by atoms with Crippen molar-refractivity contribution in [1.29, 1.82) is 0 Å². The van der Waals surface area contributed by atoms with Gasteiger partial charge in [-0.3, -0.25) is 4.79 Å². The minimum atomic E-state index is -3.42. The molecular formula is C12H23N3O4S. The van der Waals surface area contributed by atoms with Gasteiger partial charge in [0.15, 0.2) is 0 Å². The van der Waals surface area contributed by atoms with E-state index in [0.717, 1.165) is 12.8 Å². The van der Waals surface area contributed by atoms with Crippen LogP contribution in [0.2, 0.25) is 0 Å². The van der Waals surface area contributed by atoms with Crippen LogP contribution in [-0.2, 0) is 15.0 Å². The molecule has 2 aliphatic heterocycles. The van der Waals surface area contributed by atoms with Crippen LogP contribution < -0.4 is 5.32 Å². The van der Waals surface area contributed by atoms with Gasteiger partial charge in [0.05, 0.1) is 12.1 Å². The van der Waals surface area contributed by atoms with E-state index in [9.17, 15) is 18.3 Å². The van der Waals surface area contributed by atoms with Gasteiger partial charge in [-0.05, 0) is 25.7 Å². The summed E-state index contributed by atoms with van der Waals surface area (Å²) in [4.78, 5) is 11.1. The highest BCUT2D eigenvalue weighted by Gasteiger charge is 2.35. The van der Waals surface area contributed by atoms with Crippen molar-refractivity contribution in [2.24, 2.45) is 0 Å². The molecule has 0 aromatic rings. The Kier molecular flexibility index (Phi) is 5.00. The summed E-state index contributed by atoms with van der Waals surface area (Å²) in [5.41, 5.74) is 0. The average Bonchev–Trinajstić information content (AvgIpc) is 2.84. The van der Waals surface area contributed by atoms with Gasteiger partial charge in [-0.2, -0.15) is 17.0 Å². The average molecular weight is 305 g/mol. The third-order valence-electron chi connectivity index (χ3n) is 3.93. The summed E-state index contributed by atoms with van der Waals surface area (Å²) in [5.74, 6) is -0.204. The molecule has 2 heterocycles. The van der Waals surface area contributed by atoms with E-state index in [4.69, 9.17) is 0 Å². The Morgan fingerprint density at radius 1 is 1.10 bits per heavy atom. The zero-order valence-electron chi connectivity index (χ0n) is 11.8. The highest BCUT2D eigenvalue weighted by atomic mass is 32.2. The number of carbonyl (C=O) groups is 1. The zero-order chi connectivity index (χ0) is 14.8. The Morgan fingerprint density at radius 2 is 1.65 bits per heavy atom. The first kappa shape index (κ1) is 15.7.